The fourth-order valence-electron chi connectivity index (χ4n) is 0.995. The zero-order chi connectivity index (χ0) is 20.8. The predicted molar refractivity (Wildman–Crippen MR) is 114 cm³/mol. The molecule has 0 radical (unpaired) electrons. The van der Waals surface area contributed by atoms with Gasteiger partial charge in [0.05, 0.1) is 0 Å². The summed E-state index contributed by atoms with van der Waals surface area (Å²) < 4.78 is 9.28. The molecule has 0 unspecified atom stereocenters. The van der Waals surface area contributed by atoms with Crippen LogP contribution in [0.25, 0.3) is 0 Å². The van der Waals surface area contributed by atoms with Gasteiger partial charge in [0.2, 0.25) is 0 Å². The van der Waals surface area contributed by atoms with Crippen LogP contribution in [0.3, 0.4) is 0 Å². The SMILES string of the molecule is C1CS1.CC(=O)OCCS.CC(=O)OCCSSc1ccccc1.O=C=O. The number of esters is 2. The van der Waals surface area contributed by atoms with Crippen LogP contribution in [0.5, 0.6) is 0 Å². The number of benzene rings is 1. The van der Waals surface area contributed by atoms with E-state index < -0.39 is 0 Å². The monoisotopic (exact) mass is 452 g/mol. The molecule has 1 aliphatic rings. The summed E-state index contributed by atoms with van der Waals surface area (Å²) >= 11 is 5.82. The Bertz CT molecular complexity index is 517. The Balaban J connectivity index is 0. The van der Waals surface area contributed by atoms with Crippen molar-refractivity contribution in [1.82, 2.24) is 0 Å². The molecule has 0 N–H and O–H groups in total. The van der Waals surface area contributed by atoms with Crippen molar-refractivity contribution in [2.24, 2.45) is 0 Å². The van der Waals surface area contributed by atoms with Gasteiger partial charge in [-0.2, -0.15) is 34.0 Å². The molecule has 1 aromatic rings. The Morgan fingerprint density at radius 1 is 1.07 bits per heavy atom. The molecule has 0 saturated carbocycles. The number of rotatable bonds is 7. The molecule has 1 aliphatic heterocycles. The summed E-state index contributed by atoms with van der Waals surface area (Å²) in [7, 11) is 3.39. The summed E-state index contributed by atoms with van der Waals surface area (Å²) in [5, 5.41) is 0. The van der Waals surface area contributed by atoms with Gasteiger partial charge in [0.1, 0.15) is 13.2 Å². The van der Waals surface area contributed by atoms with Crippen LogP contribution in [0.4, 0.5) is 0 Å². The van der Waals surface area contributed by atoms with Gasteiger partial charge in [-0.1, -0.05) is 39.8 Å². The molecule has 2 rings (SSSR count). The van der Waals surface area contributed by atoms with Gasteiger partial charge in [-0.3, -0.25) is 9.59 Å². The van der Waals surface area contributed by atoms with E-state index in [-0.39, 0.29) is 18.1 Å². The molecule has 27 heavy (non-hydrogen) atoms. The Kier molecular flexibility index (Phi) is 24.0. The smallest absolute Gasteiger partial charge is 0.373 e. The lowest BCUT2D eigenvalue weighted by molar-refractivity contribution is -0.191. The molecule has 6 nitrogen and oxygen atoms in total. The van der Waals surface area contributed by atoms with Crippen molar-refractivity contribution < 1.29 is 28.7 Å². The number of carbonyl (C=O) groups is 2. The number of ether oxygens (including phenoxy) is 2. The summed E-state index contributed by atoms with van der Waals surface area (Å²) in [5.41, 5.74) is 0. The lowest BCUT2D eigenvalue weighted by Crippen LogP contribution is -2.01. The highest BCUT2D eigenvalue weighted by molar-refractivity contribution is 8.76. The second-order valence-corrected chi connectivity index (χ2v) is 8.48. The van der Waals surface area contributed by atoms with E-state index in [0.717, 1.165) is 5.75 Å². The lowest BCUT2D eigenvalue weighted by atomic mass is 10.4. The molecule has 0 aliphatic carbocycles. The quantitative estimate of drug-likeness (QED) is 0.219. The van der Waals surface area contributed by atoms with E-state index in [4.69, 9.17) is 14.3 Å². The van der Waals surface area contributed by atoms with Crippen LogP contribution >= 0.6 is 46.0 Å². The van der Waals surface area contributed by atoms with Crippen molar-refractivity contribution in [3.63, 3.8) is 0 Å². The molecule has 0 aromatic heterocycles. The molecule has 0 spiro atoms. The van der Waals surface area contributed by atoms with Crippen LogP contribution in [0.1, 0.15) is 13.8 Å². The largest absolute Gasteiger partial charge is 0.465 e. The van der Waals surface area contributed by atoms with Crippen molar-refractivity contribution in [3.8, 4) is 0 Å². The maximum Gasteiger partial charge on any atom is 0.373 e. The van der Waals surface area contributed by atoms with E-state index in [0.29, 0.717) is 19.0 Å². The number of hydrogen-bond acceptors (Lipinski definition) is 10. The first-order chi connectivity index (χ1) is 13.0. The van der Waals surface area contributed by atoms with Crippen molar-refractivity contribution >= 4 is 64.1 Å². The van der Waals surface area contributed by atoms with Crippen molar-refractivity contribution in [2.75, 3.05) is 36.2 Å². The third kappa shape index (κ3) is 33.0. The van der Waals surface area contributed by atoms with Gasteiger partial charge in [0.25, 0.3) is 0 Å². The molecule has 1 fully saturated rings. The minimum Gasteiger partial charge on any atom is -0.465 e. The number of thioether (sulfide) groups is 1. The zero-order valence-electron chi connectivity index (χ0n) is 15.3. The molecule has 1 heterocycles. The molecular weight excluding hydrogens is 428 g/mol. The zero-order valence-corrected chi connectivity index (χ0v) is 18.6. The van der Waals surface area contributed by atoms with Gasteiger partial charge in [0, 0.05) is 41.8 Å². The van der Waals surface area contributed by atoms with Crippen molar-refractivity contribution in [2.45, 2.75) is 18.7 Å². The summed E-state index contributed by atoms with van der Waals surface area (Å²) in [6.07, 6.45) is 0.250. The molecule has 152 valence electrons. The first-order valence-corrected chi connectivity index (χ1v) is 11.9. The molecule has 10 heteroatoms. The van der Waals surface area contributed by atoms with Crippen LogP contribution in [0.2, 0.25) is 0 Å². The minimum absolute atomic E-state index is 0.213. The lowest BCUT2D eigenvalue weighted by Gasteiger charge is -2.01. The van der Waals surface area contributed by atoms with E-state index in [2.05, 4.69) is 29.5 Å². The first kappa shape index (κ1) is 28.2. The first-order valence-electron chi connectivity index (χ1n) is 7.77. The summed E-state index contributed by atoms with van der Waals surface area (Å²) in [6.45, 7) is 3.71. The average molecular weight is 453 g/mol. The normalized spacial score (nSPS) is 10.2. The van der Waals surface area contributed by atoms with Crippen LogP contribution in [-0.4, -0.2) is 54.3 Å². The van der Waals surface area contributed by atoms with Gasteiger partial charge in [0.15, 0.2) is 0 Å². The van der Waals surface area contributed by atoms with Gasteiger partial charge in [-0.25, -0.2) is 0 Å². The molecule has 0 bridgehead atoms. The van der Waals surface area contributed by atoms with Crippen LogP contribution < -0.4 is 0 Å². The Labute approximate surface area is 177 Å². The highest BCUT2D eigenvalue weighted by atomic mass is 33.1. The predicted octanol–water partition coefficient (Wildman–Crippen LogP) is 3.62. The Morgan fingerprint density at radius 2 is 1.56 bits per heavy atom. The third-order valence-corrected chi connectivity index (χ3v) is 4.91. The van der Waals surface area contributed by atoms with Crippen molar-refractivity contribution in [1.29, 1.82) is 0 Å². The van der Waals surface area contributed by atoms with E-state index in [1.807, 2.05) is 30.0 Å². The average Bonchev–Trinajstić information content (AvgIpc) is 3.51. The number of hydrogen-bond donors (Lipinski definition) is 1. The number of carbonyl (C=O) groups excluding carboxylic acids is 4. The van der Waals surface area contributed by atoms with Crippen LogP contribution in [0, 0.1) is 0 Å². The Hall–Kier alpha value is -1.06. The van der Waals surface area contributed by atoms with Crippen molar-refractivity contribution in [3.05, 3.63) is 30.3 Å². The van der Waals surface area contributed by atoms with E-state index >= 15 is 0 Å². The fraction of sp³-hybridized carbons (Fsp3) is 0.471. The third-order valence-electron chi connectivity index (χ3n) is 1.97. The second kappa shape index (κ2) is 23.0. The summed E-state index contributed by atoms with van der Waals surface area (Å²) in [5.74, 6) is 3.79. The summed E-state index contributed by atoms with van der Waals surface area (Å²) in [6, 6.07) is 10.1. The van der Waals surface area contributed by atoms with Crippen LogP contribution in [0.15, 0.2) is 35.2 Å². The fourth-order valence-corrected chi connectivity index (χ4v) is 2.92. The highest BCUT2D eigenvalue weighted by Crippen LogP contribution is 2.30. The molecule has 1 aromatic carbocycles. The Morgan fingerprint density at radius 3 is 1.93 bits per heavy atom. The van der Waals surface area contributed by atoms with Gasteiger partial charge in [-0.15, -0.1) is 0 Å². The molecule has 0 atom stereocenters. The van der Waals surface area contributed by atoms with Gasteiger partial charge >= 0.3 is 18.1 Å². The maximum absolute atomic E-state index is 10.4. The maximum atomic E-state index is 10.4. The van der Waals surface area contributed by atoms with E-state index in [1.165, 1.54) is 30.2 Å². The van der Waals surface area contributed by atoms with Gasteiger partial charge < -0.3 is 9.47 Å². The highest BCUT2D eigenvalue weighted by Gasteiger charge is 1.96. The standard InChI is InChI=1S/C10H12O2S2.C4H8O2S.C2H4S.CO2/c1-9(11)12-7-8-13-14-10-5-3-2-4-6-10;1-4(5)6-2-3-7;1-2-3-1;2-1-3/h2-6H,7-8H2,1H3;7H,2-3H2,1H3;1-2H2;. The molecule has 0 amide bonds. The van der Waals surface area contributed by atoms with E-state index in [9.17, 15) is 9.59 Å². The van der Waals surface area contributed by atoms with Gasteiger partial charge in [-0.05, 0) is 12.1 Å². The second-order valence-electron chi connectivity index (χ2n) is 4.32. The molecule has 1 saturated heterocycles. The summed E-state index contributed by atoms with van der Waals surface area (Å²) in [4.78, 5) is 37.9. The van der Waals surface area contributed by atoms with E-state index in [1.54, 1.807) is 21.6 Å². The number of thiol groups is 1. The van der Waals surface area contributed by atoms with Crippen LogP contribution in [-0.2, 0) is 28.7 Å². The minimum atomic E-state index is -0.242. The topological polar surface area (TPSA) is 86.7 Å². The molecular formula is C17H24O6S4.